The Kier molecular flexibility index (Phi) is 3.25. The highest BCUT2D eigenvalue weighted by molar-refractivity contribution is 9.10. The van der Waals surface area contributed by atoms with Gasteiger partial charge in [-0.15, -0.1) is 0 Å². The van der Waals surface area contributed by atoms with E-state index in [1.165, 1.54) is 6.33 Å². The predicted molar refractivity (Wildman–Crippen MR) is 44.3 cm³/mol. The summed E-state index contributed by atoms with van der Waals surface area (Å²) in [5.41, 5.74) is 5.24. The molecule has 0 saturated heterocycles. The van der Waals surface area contributed by atoms with Gasteiger partial charge >= 0.3 is 0 Å². The van der Waals surface area contributed by atoms with E-state index < -0.39 is 0 Å². The first kappa shape index (κ1) is 8.42. The fourth-order valence-electron chi connectivity index (χ4n) is 0.563. The summed E-state index contributed by atoms with van der Waals surface area (Å²) in [6.45, 7) is 0.950. The molecule has 0 aliphatic rings. The van der Waals surface area contributed by atoms with Crippen LogP contribution in [-0.2, 0) is 0 Å². The molecule has 0 radical (unpaired) electrons. The van der Waals surface area contributed by atoms with Crippen molar-refractivity contribution in [2.24, 2.45) is 5.73 Å². The third kappa shape index (κ3) is 2.44. The third-order valence-electron chi connectivity index (χ3n) is 0.990. The van der Waals surface area contributed by atoms with Crippen LogP contribution in [0.4, 0.5) is 0 Å². The molecular formula is C6H8BrN3O. The number of nitrogens with zero attached hydrogens (tertiary/aromatic N) is 2. The van der Waals surface area contributed by atoms with Gasteiger partial charge in [-0.2, -0.15) is 0 Å². The van der Waals surface area contributed by atoms with Crippen LogP contribution in [0.5, 0.6) is 5.88 Å². The number of halogens is 1. The van der Waals surface area contributed by atoms with Crippen molar-refractivity contribution in [3.05, 3.63) is 17.0 Å². The van der Waals surface area contributed by atoms with Crippen molar-refractivity contribution >= 4 is 15.9 Å². The van der Waals surface area contributed by atoms with Gasteiger partial charge in [0, 0.05) is 12.7 Å². The van der Waals surface area contributed by atoms with Crippen LogP contribution < -0.4 is 10.5 Å². The molecule has 0 saturated carbocycles. The monoisotopic (exact) mass is 217 g/mol. The molecule has 0 atom stereocenters. The van der Waals surface area contributed by atoms with Crippen molar-refractivity contribution < 1.29 is 4.74 Å². The summed E-state index contributed by atoms with van der Waals surface area (Å²) in [5, 5.41) is 0. The molecule has 60 valence electrons. The molecule has 0 fully saturated rings. The minimum atomic E-state index is 0.468. The van der Waals surface area contributed by atoms with Crippen molar-refractivity contribution in [1.29, 1.82) is 0 Å². The fourth-order valence-corrected chi connectivity index (χ4v) is 0.898. The molecule has 0 unspecified atom stereocenters. The number of ether oxygens (including phenoxy) is 1. The van der Waals surface area contributed by atoms with E-state index in [9.17, 15) is 0 Å². The van der Waals surface area contributed by atoms with Gasteiger partial charge in [-0.1, -0.05) is 0 Å². The first-order valence-electron chi connectivity index (χ1n) is 3.13. The van der Waals surface area contributed by atoms with Crippen LogP contribution in [0, 0.1) is 0 Å². The Morgan fingerprint density at radius 2 is 2.45 bits per heavy atom. The Morgan fingerprint density at radius 1 is 1.64 bits per heavy atom. The molecule has 11 heavy (non-hydrogen) atoms. The molecule has 0 amide bonds. The average molecular weight is 218 g/mol. The summed E-state index contributed by atoms with van der Waals surface area (Å²) in [7, 11) is 0. The Bertz CT molecular complexity index is 231. The highest BCUT2D eigenvalue weighted by Crippen LogP contribution is 2.18. The van der Waals surface area contributed by atoms with Crippen molar-refractivity contribution in [1.82, 2.24) is 9.97 Å². The minimum Gasteiger partial charge on any atom is -0.475 e. The summed E-state index contributed by atoms with van der Waals surface area (Å²) in [6, 6.07) is 0. The van der Waals surface area contributed by atoms with Crippen LogP contribution in [0.3, 0.4) is 0 Å². The largest absolute Gasteiger partial charge is 0.475 e. The highest BCUT2D eigenvalue weighted by Gasteiger charge is 1.99. The molecule has 4 nitrogen and oxygen atoms in total. The maximum atomic E-state index is 5.24. The molecule has 1 aromatic rings. The molecule has 2 N–H and O–H groups in total. The number of hydrogen-bond acceptors (Lipinski definition) is 4. The maximum absolute atomic E-state index is 5.24. The SMILES string of the molecule is NCCOc1ncncc1Br. The second kappa shape index (κ2) is 4.25. The second-order valence-electron chi connectivity index (χ2n) is 1.81. The topological polar surface area (TPSA) is 61.0 Å². The molecule has 1 aromatic heterocycles. The molecule has 5 heteroatoms. The summed E-state index contributed by atoms with van der Waals surface area (Å²) < 4.78 is 5.91. The van der Waals surface area contributed by atoms with Crippen molar-refractivity contribution in [2.45, 2.75) is 0 Å². The molecule has 0 aliphatic carbocycles. The minimum absolute atomic E-state index is 0.468. The molecule has 0 aliphatic heterocycles. The van der Waals surface area contributed by atoms with Gasteiger partial charge in [0.15, 0.2) is 0 Å². The lowest BCUT2D eigenvalue weighted by Gasteiger charge is -2.02. The van der Waals surface area contributed by atoms with E-state index in [2.05, 4.69) is 25.9 Å². The van der Waals surface area contributed by atoms with Gasteiger partial charge in [-0.25, -0.2) is 9.97 Å². The molecule has 0 bridgehead atoms. The van der Waals surface area contributed by atoms with Gasteiger partial charge in [0.1, 0.15) is 12.9 Å². The van der Waals surface area contributed by atoms with Gasteiger partial charge in [0.2, 0.25) is 5.88 Å². The summed E-state index contributed by atoms with van der Waals surface area (Å²) >= 11 is 3.24. The standard InChI is InChI=1S/C6H8BrN3O/c7-5-3-9-4-10-6(5)11-2-1-8/h3-4H,1-2,8H2. The zero-order valence-electron chi connectivity index (χ0n) is 5.83. The van der Waals surface area contributed by atoms with Crippen LogP contribution in [0.15, 0.2) is 17.0 Å². The Balaban J connectivity index is 2.62. The number of rotatable bonds is 3. The molecule has 1 heterocycles. The van der Waals surface area contributed by atoms with E-state index in [0.717, 1.165) is 4.47 Å². The van der Waals surface area contributed by atoms with E-state index in [1.807, 2.05) is 0 Å². The lowest BCUT2D eigenvalue weighted by molar-refractivity contribution is 0.312. The van der Waals surface area contributed by atoms with E-state index >= 15 is 0 Å². The number of aromatic nitrogens is 2. The highest BCUT2D eigenvalue weighted by atomic mass is 79.9. The Labute approximate surface area is 72.9 Å². The van der Waals surface area contributed by atoms with Crippen LogP contribution in [0.1, 0.15) is 0 Å². The lowest BCUT2D eigenvalue weighted by atomic mass is 10.6. The van der Waals surface area contributed by atoms with Crippen molar-refractivity contribution in [3.8, 4) is 5.88 Å². The van der Waals surface area contributed by atoms with E-state index in [4.69, 9.17) is 10.5 Å². The van der Waals surface area contributed by atoms with E-state index in [-0.39, 0.29) is 0 Å². The van der Waals surface area contributed by atoms with Gasteiger partial charge in [-0.05, 0) is 15.9 Å². The molecule has 0 aromatic carbocycles. The fraction of sp³-hybridized carbons (Fsp3) is 0.333. The summed E-state index contributed by atoms with van der Waals surface area (Å²) in [6.07, 6.45) is 3.05. The Hall–Kier alpha value is -0.680. The van der Waals surface area contributed by atoms with Crippen LogP contribution >= 0.6 is 15.9 Å². The van der Waals surface area contributed by atoms with Crippen molar-refractivity contribution in [2.75, 3.05) is 13.2 Å². The van der Waals surface area contributed by atoms with Crippen LogP contribution in [0.2, 0.25) is 0 Å². The second-order valence-corrected chi connectivity index (χ2v) is 2.67. The zero-order valence-corrected chi connectivity index (χ0v) is 7.41. The normalized spacial score (nSPS) is 9.64. The number of nitrogens with two attached hydrogens (primary N) is 1. The van der Waals surface area contributed by atoms with Crippen molar-refractivity contribution in [3.63, 3.8) is 0 Å². The van der Waals surface area contributed by atoms with E-state index in [1.54, 1.807) is 6.20 Å². The van der Waals surface area contributed by atoms with Crippen LogP contribution in [0.25, 0.3) is 0 Å². The number of hydrogen-bond donors (Lipinski definition) is 1. The van der Waals surface area contributed by atoms with Gasteiger partial charge < -0.3 is 10.5 Å². The molecular weight excluding hydrogens is 210 g/mol. The molecule has 1 rings (SSSR count). The first-order chi connectivity index (χ1) is 5.34. The third-order valence-corrected chi connectivity index (χ3v) is 1.53. The smallest absolute Gasteiger partial charge is 0.231 e. The van der Waals surface area contributed by atoms with Crippen LogP contribution in [-0.4, -0.2) is 23.1 Å². The van der Waals surface area contributed by atoms with E-state index in [0.29, 0.717) is 19.0 Å². The quantitative estimate of drug-likeness (QED) is 0.805. The first-order valence-corrected chi connectivity index (χ1v) is 3.92. The summed E-state index contributed by atoms with van der Waals surface area (Å²) in [5.74, 6) is 0.533. The predicted octanol–water partition coefficient (Wildman–Crippen LogP) is 0.577. The van der Waals surface area contributed by atoms with Gasteiger partial charge in [0.05, 0.1) is 4.47 Å². The Morgan fingerprint density at radius 3 is 3.09 bits per heavy atom. The maximum Gasteiger partial charge on any atom is 0.231 e. The van der Waals surface area contributed by atoms with Gasteiger partial charge in [-0.3, -0.25) is 0 Å². The zero-order chi connectivity index (χ0) is 8.10. The average Bonchev–Trinajstić information content (AvgIpc) is 2.03. The van der Waals surface area contributed by atoms with Gasteiger partial charge in [0.25, 0.3) is 0 Å². The lowest BCUT2D eigenvalue weighted by Crippen LogP contribution is -2.11. The molecule has 0 spiro atoms. The summed E-state index contributed by atoms with van der Waals surface area (Å²) in [4.78, 5) is 7.66.